The van der Waals surface area contributed by atoms with Crippen molar-refractivity contribution in [1.29, 1.82) is 0 Å². The Morgan fingerprint density at radius 2 is 2.10 bits per heavy atom. The number of rotatable bonds is 5. The zero-order valence-electron chi connectivity index (χ0n) is 17.9. The fourth-order valence-corrected chi connectivity index (χ4v) is 5.43. The van der Waals surface area contributed by atoms with E-state index in [9.17, 15) is 4.79 Å². The maximum absolute atomic E-state index is 12.8. The molecule has 2 atom stereocenters. The molecule has 5 heteroatoms. The van der Waals surface area contributed by atoms with Crippen LogP contribution >= 0.6 is 0 Å². The van der Waals surface area contributed by atoms with Crippen LogP contribution in [0.25, 0.3) is 10.9 Å². The number of amides is 2. The first-order chi connectivity index (χ1) is 14.1. The number of piperidine rings is 1. The molecule has 29 heavy (non-hydrogen) atoms. The molecule has 0 saturated carbocycles. The largest absolute Gasteiger partial charge is 0.336 e. The van der Waals surface area contributed by atoms with E-state index < -0.39 is 0 Å². The Labute approximate surface area is 174 Å². The van der Waals surface area contributed by atoms with Crippen LogP contribution in [0.15, 0.2) is 18.2 Å². The summed E-state index contributed by atoms with van der Waals surface area (Å²) in [5, 5.41) is 1.26. The normalized spacial score (nSPS) is 20.9. The lowest BCUT2D eigenvalue weighted by atomic mass is 9.74. The van der Waals surface area contributed by atoms with Gasteiger partial charge in [-0.25, -0.2) is 14.9 Å². The van der Waals surface area contributed by atoms with E-state index in [1.54, 1.807) is 4.90 Å². The first kappa shape index (κ1) is 19.8. The average molecular weight is 393 g/mol. The van der Waals surface area contributed by atoms with Crippen molar-refractivity contribution < 1.29 is 4.79 Å². The molecule has 1 aromatic carbocycles. The highest BCUT2D eigenvalue weighted by Crippen LogP contribution is 2.45. The molecule has 5 nitrogen and oxygen atoms in total. The standard InChI is InChI=1S/C24H32N4O/c1-5-14-27-15-10-12-17-18-11-9-13-21-23(18)19(16-22(17)27)20(6-2)28(21)25-24(29)26(7-3)8-4/h2,9,11,13,17,22H,5,7-8,10,12,14-16H2,1,3-4H3,(H,25,29)/t17-,22-/m1/s1. The molecule has 4 rings (SSSR count). The summed E-state index contributed by atoms with van der Waals surface area (Å²) in [5.74, 6) is 3.45. The van der Waals surface area contributed by atoms with E-state index in [1.807, 2.05) is 18.5 Å². The number of benzene rings is 1. The molecule has 154 valence electrons. The van der Waals surface area contributed by atoms with Gasteiger partial charge in [-0.2, -0.15) is 0 Å². The van der Waals surface area contributed by atoms with Crippen molar-refractivity contribution in [3.05, 3.63) is 35.0 Å². The van der Waals surface area contributed by atoms with Crippen molar-refractivity contribution in [2.24, 2.45) is 0 Å². The van der Waals surface area contributed by atoms with E-state index in [1.165, 1.54) is 42.3 Å². The van der Waals surface area contributed by atoms with Gasteiger partial charge >= 0.3 is 6.03 Å². The van der Waals surface area contributed by atoms with Crippen LogP contribution in [0.1, 0.15) is 62.8 Å². The molecule has 2 heterocycles. The topological polar surface area (TPSA) is 40.5 Å². The maximum atomic E-state index is 12.8. The molecule has 2 amide bonds. The summed E-state index contributed by atoms with van der Waals surface area (Å²) in [5.41, 5.74) is 7.53. The van der Waals surface area contributed by atoms with Crippen molar-refractivity contribution in [3.8, 4) is 12.3 Å². The molecule has 1 aliphatic carbocycles. The van der Waals surface area contributed by atoms with Crippen LogP contribution < -0.4 is 5.43 Å². The van der Waals surface area contributed by atoms with Gasteiger partial charge in [0.1, 0.15) is 5.69 Å². The molecular formula is C24H32N4O. The number of carbonyl (C=O) groups is 1. The van der Waals surface area contributed by atoms with Gasteiger partial charge in [0.15, 0.2) is 0 Å². The van der Waals surface area contributed by atoms with E-state index in [0.29, 0.717) is 25.0 Å². The van der Waals surface area contributed by atoms with Crippen molar-refractivity contribution in [2.75, 3.05) is 31.6 Å². The monoisotopic (exact) mass is 392 g/mol. The molecule has 1 N–H and O–H groups in total. The number of likely N-dealkylation sites (tertiary alicyclic amines) is 1. The van der Waals surface area contributed by atoms with E-state index in [4.69, 9.17) is 6.42 Å². The number of fused-ring (bicyclic) bond motifs is 2. The van der Waals surface area contributed by atoms with E-state index >= 15 is 0 Å². The molecule has 2 aromatic rings. The number of urea groups is 1. The Bertz CT molecular complexity index is 948. The third-order valence-electron chi connectivity index (χ3n) is 6.74. The Morgan fingerprint density at radius 1 is 1.31 bits per heavy atom. The van der Waals surface area contributed by atoms with Gasteiger partial charge in [0.25, 0.3) is 0 Å². The van der Waals surface area contributed by atoms with Crippen LogP contribution in [0.2, 0.25) is 0 Å². The van der Waals surface area contributed by atoms with Crippen molar-refractivity contribution >= 4 is 16.9 Å². The fraction of sp³-hybridized carbons (Fsp3) is 0.542. The Morgan fingerprint density at radius 3 is 2.79 bits per heavy atom. The zero-order chi connectivity index (χ0) is 20.5. The molecular weight excluding hydrogens is 360 g/mol. The lowest BCUT2D eigenvalue weighted by Crippen LogP contribution is -2.47. The van der Waals surface area contributed by atoms with Crippen LogP contribution in [0.3, 0.4) is 0 Å². The van der Waals surface area contributed by atoms with Crippen LogP contribution in [-0.2, 0) is 6.42 Å². The molecule has 1 aliphatic heterocycles. The minimum atomic E-state index is -0.107. The van der Waals surface area contributed by atoms with Crippen LogP contribution in [0.4, 0.5) is 4.79 Å². The van der Waals surface area contributed by atoms with Gasteiger partial charge in [0.05, 0.1) is 5.52 Å². The summed E-state index contributed by atoms with van der Waals surface area (Å²) in [4.78, 5) is 17.2. The zero-order valence-corrected chi connectivity index (χ0v) is 17.9. The average Bonchev–Trinajstić information content (AvgIpc) is 3.03. The van der Waals surface area contributed by atoms with E-state index in [2.05, 4.69) is 41.4 Å². The van der Waals surface area contributed by atoms with Crippen LogP contribution in [0.5, 0.6) is 0 Å². The molecule has 0 unspecified atom stereocenters. The molecule has 2 aliphatic rings. The number of nitrogens with zero attached hydrogens (tertiary/aromatic N) is 3. The van der Waals surface area contributed by atoms with Gasteiger partial charge < -0.3 is 4.90 Å². The Hall–Kier alpha value is -2.45. The SMILES string of the molecule is C#Cc1c2c3c(cccc3n1NC(=O)N(CC)CC)[C@H]1CCCN(CCC)[C@@H]1C2. The van der Waals surface area contributed by atoms with Crippen molar-refractivity contribution in [3.63, 3.8) is 0 Å². The molecule has 1 aromatic heterocycles. The Balaban J connectivity index is 1.82. The highest BCUT2D eigenvalue weighted by molar-refractivity contribution is 5.94. The van der Waals surface area contributed by atoms with Gasteiger partial charge in [0, 0.05) is 30.4 Å². The third kappa shape index (κ3) is 3.20. The van der Waals surface area contributed by atoms with Gasteiger partial charge in [-0.05, 0) is 75.7 Å². The summed E-state index contributed by atoms with van der Waals surface area (Å²) < 4.78 is 1.86. The lowest BCUT2D eigenvalue weighted by Gasteiger charge is -2.44. The second-order valence-electron chi connectivity index (χ2n) is 8.19. The predicted molar refractivity (Wildman–Crippen MR) is 119 cm³/mol. The number of terminal acetylenes is 1. The summed E-state index contributed by atoms with van der Waals surface area (Å²) in [6.07, 6.45) is 10.6. The lowest BCUT2D eigenvalue weighted by molar-refractivity contribution is 0.124. The summed E-state index contributed by atoms with van der Waals surface area (Å²) in [7, 11) is 0. The van der Waals surface area contributed by atoms with E-state index in [-0.39, 0.29) is 6.03 Å². The number of nitrogens with one attached hydrogen (secondary N) is 1. The molecule has 0 spiro atoms. The minimum absolute atomic E-state index is 0.107. The van der Waals surface area contributed by atoms with Crippen molar-refractivity contribution in [2.45, 2.75) is 58.4 Å². The van der Waals surface area contributed by atoms with Gasteiger partial charge in [-0.1, -0.05) is 19.1 Å². The number of hydrogen-bond acceptors (Lipinski definition) is 2. The van der Waals surface area contributed by atoms with Gasteiger partial charge in [-0.3, -0.25) is 4.90 Å². The quantitative estimate of drug-likeness (QED) is 0.777. The number of carbonyl (C=O) groups excluding carboxylic acids is 1. The third-order valence-corrected chi connectivity index (χ3v) is 6.74. The minimum Gasteiger partial charge on any atom is -0.324 e. The second-order valence-corrected chi connectivity index (χ2v) is 8.19. The molecule has 0 bridgehead atoms. The van der Waals surface area contributed by atoms with Crippen LogP contribution in [0, 0.1) is 12.3 Å². The molecule has 0 radical (unpaired) electrons. The number of aromatic nitrogens is 1. The summed E-state index contributed by atoms with van der Waals surface area (Å²) >= 11 is 0. The summed E-state index contributed by atoms with van der Waals surface area (Å²) in [6.45, 7) is 9.88. The van der Waals surface area contributed by atoms with Crippen molar-refractivity contribution in [1.82, 2.24) is 14.5 Å². The van der Waals surface area contributed by atoms with Gasteiger partial charge in [0.2, 0.25) is 0 Å². The summed E-state index contributed by atoms with van der Waals surface area (Å²) in [6, 6.07) is 6.86. The smallest absolute Gasteiger partial charge is 0.324 e. The first-order valence-corrected chi connectivity index (χ1v) is 11.1. The number of hydrogen-bond donors (Lipinski definition) is 1. The Kier molecular flexibility index (Phi) is 5.56. The highest BCUT2D eigenvalue weighted by Gasteiger charge is 2.39. The second kappa shape index (κ2) is 8.12. The first-order valence-electron chi connectivity index (χ1n) is 11.1. The predicted octanol–water partition coefficient (Wildman–Crippen LogP) is 4.14. The molecule has 1 saturated heterocycles. The fourth-order valence-electron chi connectivity index (χ4n) is 5.43. The van der Waals surface area contributed by atoms with Gasteiger partial charge in [-0.15, -0.1) is 6.42 Å². The molecule has 1 fully saturated rings. The highest BCUT2D eigenvalue weighted by atomic mass is 16.2. The maximum Gasteiger partial charge on any atom is 0.336 e. The van der Waals surface area contributed by atoms with E-state index in [0.717, 1.165) is 24.2 Å². The van der Waals surface area contributed by atoms with Crippen LogP contribution in [-0.4, -0.2) is 52.7 Å².